The number of hydrogen-bond acceptors (Lipinski definition) is 2. The molecule has 1 aliphatic heterocycles. The van der Waals surface area contributed by atoms with E-state index in [4.69, 9.17) is 0 Å². The molecule has 0 aromatic heterocycles. The van der Waals surface area contributed by atoms with Crippen LogP contribution in [0.2, 0.25) is 0 Å². The Labute approximate surface area is 112 Å². The van der Waals surface area contributed by atoms with Crippen molar-refractivity contribution >= 4 is 29.3 Å². The standard InChI is InChI=1S/C14H17OS2/c1-11(15)13(14-16-9-10-17-14)8-7-12-5-3-2-4-6-12/h2-7,13-14H,8-10H2,1H3/p+1. The SMILES string of the molecule is CC(=O)C(C[CH]c1ccccc1)C1SCC[SH+]1. The summed E-state index contributed by atoms with van der Waals surface area (Å²) < 4.78 is 0.521. The number of benzene rings is 1. The Hall–Kier alpha value is -0.410. The van der Waals surface area contributed by atoms with Crippen LogP contribution in [-0.4, -0.2) is 21.9 Å². The zero-order chi connectivity index (χ0) is 12.1. The largest absolute Gasteiger partial charge is 0.299 e. The molecule has 1 nitrogen and oxygen atoms in total. The highest BCUT2D eigenvalue weighted by Gasteiger charge is 2.35. The van der Waals surface area contributed by atoms with E-state index in [2.05, 4.69) is 18.6 Å². The molecule has 1 aromatic rings. The van der Waals surface area contributed by atoms with Crippen molar-refractivity contribution in [1.82, 2.24) is 0 Å². The van der Waals surface area contributed by atoms with Crippen LogP contribution < -0.4 is 0 Å². The Kier molecular flexibility index (Phi) is 4.99. The molecule has 0 amide bonds. The maximum atomic E-state index is 11.7. The van der Waals surface area contributed by atoms with Gasteiger partial charge in [-0.05, 0) is 37.1 Å². The van der Waals surface area contributed by atoms with Crippen LogP contribution in [0.15, 0.2) is 30.3 Å². The first kappa shape index (κ1) is 13.0. The first-order valence-corrected chi connectivity index (χ1v) is 8.14. The van der Waals surface area contributed by atoms with Gasteiger partial charge in [0.2, 0.25) is 0 Å². The minimum Gasteiger partial charge on any atom is -0.299 e. The summed E-state index contributed by atoms with van der Waals surface area (Å²) in [7, 11) is 0. The van der Waals surface area contributed by atoms with Gasteiger partial charge < -0.3 is 0 Å². The van der Waals surface area contributed by atoms with Crippen LogP contribution in [0.5, 0.6) is 0 Å². The van der Waals surface area contributed by atoms with Crippen LogP contribution in [-0.2, 0) is 16.6 Å². The van der Waals surface area contributed by atoms with Crippen LogP contribution in [0.25, 0.3) is 0 Å². The molecule has 1 aromatic carbocycles. The molecule has 1 aliphatic rings. The first-order chi connectivity index (χ1) is 8.27. The summed E-state index contributed by atoms with van der Waals surface area (Å²) in [6.45, 7) is 1.73. The quantitative estimate of drug-likeness (QED) is 0.602. The molecule has 1 radical (unpaired) electrons. The lowest BCUT2D eigenvalue weighted by Crippen LogP contribution is -2.23. The summed E-state index contributed by atoms with van der Waals surface area (Å²) in [5, 5.41) is 0. The fourth-order valence-corrected chi connectivity index (χ4v) is 5.50. The summed E-state index contributed by atoms with van der Waals surface area (Å²) in [6.07, 6.45) is 3.07. The Balaban J connectivity index is 1.92. The highest BCUT2D eigenvalue weighted by molar-refractivity contribution is 8.12. The molecule has 1 heterocycles. The van der Waals surface area contributed by atoms with Crippen LogP contribution >= 0.6 is 11.8 Å². The molecule has 0 saturated carbocycles. The zero-order valence-corrected chi connectivity index (χ0v) is 11.7. The van der Waals surface area contributed by atoms with E-state index in [9.17, 15) is 4.79 Å². The van der Waals surface area contributed by atoms with Crippen molar-refractivity contribution in [3.05, 3.63) is 42.3 Å². The Bertz CT molecular complexity index is 358. The summed E-state index contributed by atoms with van der Waals surface area (Å²) in [5.41, 5.74) is 1.22. The molecule has 0 aliphatic carbocycles. The van der Waals surface area contributed by atoms with Gasteiger partial charge in [-0.25, -0.2) is 0 Å². The van der Waals surface area contributed by atoms with Crippen molar-refractivity contribution in [2.45, 2.75) is 17.9 Å². The minimum absolute atomic E-state index is 0.198. The van der Waals surface area contributed by atoms with E-state index in [0.717, 1.165) is 6.42 Å². The van der Waals surface area contributed by atoms with Crippen molar-refractivity contribution in [2.24, 2.45) is 5.92 Å². The molecule has 2 atom stereocenters. The molecule has 2 unspecified atom stereocenters. The van der Waals surface area contributed by atoms with Gasteiger partial charge in [0.25, 0.3) is 0 Å². The second-order valence-electron chi connectivity index (χ2n) is 4.24. The van der Waals surface area contributed by atoms with E-state index in [-0.39, 0.29) is 5.92 Å². The van der Waals surface area contributed by atoms with Gasteiger partial charge >= 0.3 is 0 Å². The van der Waals surface area contributed by atoms with Crippen molar-refractivity contribution in [1.29, 1.82) is 0 Å². The molecule has 17 heavy (non-hydrogen) atoms. The average molecular weight is 266 g/mol. The highest BCUT2D eigenvalue weighted by Crippen LogP contribution is 2.31. The zero-order valence-electron chi connectivity index (χ0n) is 10.0. The van der Waals surface area contributed by atoms with Crippen molar-refractivity contribution in [3.63, 3.8) is 0 Å². The number of rotatable bonds is 5. The van der Waals surface area contributed by atoms with Gasteiger partial charge in [0, 0.05) is 5.75 Å². The second-order valence-corrected chi connectivity index (χ2v) is 7.20. The molecule has 1 fully saturated rings. The Morgan fingerprint density at radius 3 is 2.88 bits per heavy atom. The maximum absolute atomic E-state index is 11.7. The lowest BCUT2D eigenvalue weighted by molar-refractivity contribution is -0.120. The van der Waals surface area contributed by atoms with Gasteiger partial charge in [-0.3, -0.25) is 4.79 Å². The smallest absolute Gasteiger partial charge is 0.171 e. The van der Waals surface area contributed by atoms with Crippen LogP contribution in [0, 0.1) is 12.3 Å². The summed E-state index contributed by atoms with van der Waals surface area (Å²) >= 11 is 3.41. The molecule has 91 valence electrons. The van der Waals surface area contributed by atoms with Gasteiger partial charge in [0.1, 0.15) is 11.5 Å². The summed E-state index contributed by atoms with van der Waals surface area (Å²) in [5.74, 6) is 2.99. The van der Waals surface area contributed by atoms with E-state index in [0.29, 0.717) is 10.4 Å². The number of thiol groups is 1. The number of Topliss-reactive ketones (excluding diaryl/α,β-unsaturated/α-hetero) is 1. The number of carbonyl (C=O) groups is 1. The van der Waals surface area contributed by atoms with Gasteiger partial charge in [-0.1, -0.05) is 30.3 Å². The topological polar surface area (TPSA) is 17.1 Å². The number of hydrogen-bond donors (Lipinski definition) is 0. The molecule has 3 heteroatoms. The van der Waals surface area contributed by atoms with Gasteiger partial charge in [0.05, 0.1) is 5.92 Å². The van der Waals surface area contributed by atoms with Crippen molar-refractivity contribution in [2.75, 3.05) is 11.5 Å². The van der Waals surface area contributed by atoms with Crippen LogP contribution in [0.3, 0.4) is 0 Å². The number of thioether (sulfide) groups is 1. The van der Waals surface area contributed by atoms with Crippen molar-refractivity contribution in [3.8, 4) is 0 Å². The Morgan fingerprint density at radius 1 is 1.53 bits per heavy atom. The summed E-state index contributed by atoms with van der Waals surface area (Å²) in [6, 6.07) is 10.3. The lowest BCUT2D eigenvalue weighted by Gasteiger charge is -2.14. The third kappa shape index (κ3) is 3.78. The summed E-state index contributed by atoms with van der Waals surface area (Å²) in [4.78, 5) is 11.7. The minimum atomic E-state index is 0.198. The molecule has 0 spiro atoms. The van der Waals surface area contributed by atoms with E-state index in [1.54, 1.807) is 6.92 Å². The van der Waals surface area contributed by atoms with Gasteiger partial charge in [0.15, 0.2) is 4.58 Å². The van der Waals surface area contributed by atoms with E-state index >= 15 is 0 Å². The van der Waals surface area contributed by atoms with Crippen molar-refractivity contribution < 1.29 is 4.79 Å². The van der Waals surface area contributed by atoms with Crippen LogP contribution in [0.4, 0.5) is 0 Å². The highest BCUT2D eigenvalue weighted by atomic mass is 32.2. The normalized spacial score (nSPS) is 21.4. The third-order valence-corrected chi connectivity index (χ3v) is 6.47. The molecular weight excluding hydrogens is 248 g/mol. The molecular formula is C14H18OS2+. The van der Waals surface area contributed by atoms with E-state index in [1.165, 1.54) is 28.8 Å². The number of ketones is 1. The molecule has 0 N–H and O–H groups in total. The van der Waals surface area contributed by atoms with Gasteiger partial charge in [-0.2, -0.15) is 0 Å². The van der Waals surface area contributed by atoms with Crippen LogP contribution in [0.1, 0.15) is 18.9 Å². The predicted octanol–water partition coefficient (Wildman–Crippen LogP) is 2.72. The predicted molar refractivity (Wildman–Crippen MR) is 78.5 cm³/mol. The number of carbonyl (C=O) groups excluding carboxylic acids is 1. The lowest BCUT2D eigenvalue weighted by atomic mass is 9.98. The van der Waals surface area contributed by atoms with Gasteiger partial charge in [-0.15, -0.1) is 11.8 Å². The molecule has 0 bridgehead atoms. The Morgan fingerprint density at radius 2 is 2.29 bits per heavy atom. The van der Waals surface area contributed by atoms with E-state index in [1.807, 2.05) is 30.0 Å². The third-order valence-electron chi connectivity index (χ3n) is 2.96. The molecule has 1 saturated heterocycles. The molecule has 2 rings (SSSR count). The maximum Gasteiger partial charge on any atom is 0.171 e. The van der Waals surface area contributed by atoms with E-state index < -0.39 is 0 Å². The first-order valence-electron chi connectivity index (χ1n) is 5.94. The second kappa shape index (κ2) is 6.50. The fraction of sp³-hybridized carbons (Fsp3) is 0.429. The fourth-order valence-electron chi connectivity index (χ4n) is 1.98. The average Bonchev–Trinajstić information content (AvgIpc) is 2.84. The monoisotopic (exact) mass is 266 g/mol.